The van der Waals surface area contributed by atoms with Crippen molar-refractivity contribution >= 4 is 5.91 Å². The summed E-state index contributed by atoms with van der Waals surface area (Å²) < 4.78 is 5.43. The van der Waals surface area contributed by atoms with Gasteiger partial charge in [-0.25, -0.2) is 0 Å². The van der Waals surface area contributed by atoms with Gasteiger partial charge in [-0.15, -0.1) is 0 Å². The molecule has 110 valence electrons. The van der Waals surface area contributed by atoms with E-state index >= 15 is 0 Å². The molecule has 0 saturated heterocycles. The molecule has 4 heteroatoms. The van der Waals surface area contributed by atoms with Gasteiger partial charge in [0.2, 0.25) is 5.91 Å². The van der Waals surface area contributed by atoms with Gasteiger partial charge in [-0.05, 0) is 50.3 Å². The lowest BCUT2D eigenvalue weighted by molar-refractivity contribution is -0.123. The quantitative estimate of drug-likeness (QED) is 0.800. The Morgan fingerprint density at radius 1 is 1.50 bits per heavy atom. The third-order valence-corrected chi connectivity index (χ3v) is 3.81. The van der Waals surface area contributed by atoms with Crippen molar-refractivity contribution in [1.82, 2.24) is 5.32 Å². The summed E-state index contributed by atoms with van der Waals surface area (Å²) >= 11 is 0. The summed E-state index contributed by atoms with van der Waals surface area (Å²) in [6.45, 7) is 4.45. The average molecular weight is 277 g/mol. The van der Waals surface area contributed by atoms with Crippen molar-refractivity contribution in [3.8, 4) is 5.75 Å². The SMILES string of the molecule is CCOc1cccc(CC(=O)NC(C)(CO)C2CC2)c1. The molecule has 1 aliphatic carbocycles. The van der Waals surface area contributed by atoms with E-state index in [0.29, 0.717) is 18.9 Å². The first-order chi connectivity index (χ1) is 9.57. The molecule has 1 fully saturated rings. The van der Waals surface area contributed by atoms with Crippen molar-refractivity contribution in [1.29, 1.82) is 0 Å². The van der Waals surface area contributed by atoms with Crippen LogP contribution in [0.1, 0.15) is 32.3 Å². The smallest absolute Gasteiger partial charge is 0.224 e. The van der Waals surface area contributed by atoms with E-state index in [1.807, 2.05) is 38.1 Å². The van der Waals surface area contributed by atoms with Crippen molar-refractivity contribution in [2.24, 2.45) is 5.92 Å². The highest BCUT2D eigenvalue weighted by Gasteiger charge is 2.42. The van der Waals surface area contributed by atoms with Crippen LogP contribution in [0.5, 0.6) is 5.75 Å². The average Bonchev–Trinajstić information content (AvgIpc) is 3.24. The molecule has 0 bridgehead atoms. The van der Waals surface area contributed by atoms with E-state index in [1.165, 1.54) is 0 Å². The Kier molecular flexibility index (Phi) is 4.65. The van der Waals surface area contributed by atoms with Gasteiger partial charge in [0, 0.05) is 0 Å². The highest BCUT2D eigenvalue weighted by Crippen LogP contribution is 2.39. The standard InChI is InChI=1S/C16H23NO3/c1-3-20-14-6-4-5-12(9-14)10-15(19)17-16(2,11-18)13-7-8-13/h4-6,9,13,18H,3,7-8,10-11H2,1-2H3,(H,17,19). The zero-order valence-electron chi connectivity index (χ0n) is 12.2. The Morgan fingerprint density at radius 2 is 2.25 bits per heavy atom. The van der Waals surface area contributed by atoms with Gasteiger partial charge < -0.3 is 15.2 Å². The van der Waals surface area contributed by atoms with Crippen molar-refractivity contribution in [3.63, 3.8) is 0 Å². The summed E-state index contributed by atoms with van der Waals surface area (Å²) in [5.74, 6) is 1.14. The number of nitrogens with one attached hydrogen (secondary N) is 1. The summed E-state index contributed by atoms with van der Waals surface area (Å²) in [5.41, 5.74) is 0.443. The van der Waals surface area contributed by atoms with Crippen LogP contribution >= 0.6 is 0 Å². The first kappa shape index (κ1) is 14.9. The number of benzene rings is 1. The molecule has 4 nitrogen and oxygen atoms in total. The number of aliphatic hydroxyl groups excluding tert-OH is 1. The van der Waals surface area contributed by atoms with E-state index in [-0.39, 0.29) is 12.5 Å². The highest BCUT2D eigenvalue weighted by atomic mass is 16.5. The fraction of sp³-hybridized carbons (Fsp3) is 0.562. The number of aliphatic hydroxyl groups is 1. The first-order valence-electron chi connectivity index (χ1n) is 7.21. The lowest BCUT2D eigenvalue weighted by atomic mass is 9.96. The first-order valence-corrected chi connectivity index (χ1v) is 7.21. The number of ether oxygens (including phenoxy) is 1. The van der Waals surface area contributed by atoms with E-state index in [4.69, 9.17) is 4.74 Å². The molecule has 2 rings (SSSR count). The van der Waals surface area contributed by atoms with Gasteiger partial charge in [0.1, 0.15) is 5.75 Å². The molecule has 1 aliphatic rings. The topological polar surface area (TPSA) is 58.6 Å². The van der Waals surface area contributed by atoms with E-state index in [2.05, 4.69) is 5.32 Å². The predicted octanol–water partition coefficient (Wildman–Crippen LogP) is 1.90. The lowest BCUT2D eigenvalue weighted by Gasteiger charge is -2.28. The van der Waals surface area contributed by atoms with Gasteiger partial charge in [-0.2, -0.15) is 0 Å². The van der Waals surface area contributed by atoms with Crippen LogP contribution in [0.2, 0.25) is 0 Å². The Morgan fingerprint density at radius 3 is 2.85 bits per heavy atom. The van der Waals surface area contributed by atoms with Crippen molar-refractivity contribution in [2.75, 3.05) is 13.2 Å². The van der Waals surface area contributed by atoms with Crippen molar-refractivity contribution in [2.45, 2.75) is 38.6 Å². The number of hydrogen-bond donors (Lipinski definition) is 2. The molecule has 1 saturated carbocycles. The maximum atomic E-state index is 12.1. The number of amides is 1. The second kappa shape index (κ2) is 6.27. The normalized spacial score (nSPS) is 17.4. The van der Waals surface area contributed by atoms with Gasteiger partial charge >= 0.3 is 0 Å². The van der Waals surface area contributed by atoms with E-state index in [9.17, 15) is 9.90 Å². The molecular formula is C16H23NO3. The maximum absolute atomic E-state index is 12.1. The lowest BCUT2D eigenvalue weighted by Crippen LogP contribution is -2.51. The molecule has 0 aliphatic heterocycles. The molecule has 1 aromatic carbocycles. The summed E-state index contributed by atoms with van der Waals surface area (Å²) in [4.78, 5) is 12.1. The molecule has 0 spiro atoms. The van der Waals surface area contributed by atoms with Crippen LogP contribution in [0.15, 0.2) is 24.3 Å². The molecule has 1 atom stereocenters. The van der Waals surface area contributed by atoms with Crippen LogP contribution in [0.3, 0.4) is 0 Å². The summed E-state index contributed by atoms with van der Waals surface area (Å²) in [5, 5.41) is 12.5. The van der Waals surface area contributed by atoms with Crippen LogP contribution < -0.4 is 10.1 Å². The number of carbonyl (C=O) groups excluding carboxylic acids is 1. The van der Waals surface area contributed by atoms with E-state index in [1.54, 1.807) is 0 Å². The predicted molar refractivity (Wildman–Crippen MR) is 77.7 cm³/mol. The molecule has 0 heterocycles. The monoisotopic (exact) mass is 277 g/mol. The second-order valence-corrected chi connectivity index (χ2v) is 5.66. The second-order valence-electron chi connectivity index (χ2n) is 5.66. The summed E-state index contributed by atoms with van der Waals surface area (Å²) in [6.07, 6.45) is 2.47. The van der Waals surface area contributed by atoms with Crippen molar-refractivity contribution in [3.05, 3.63) is 29.8 Å². The minimum Gasteiger partial charge on any atom is -0.494 e. The molecule has 2 N–H and O–H groups in total. The molecule has 0 aromatic heterocycles. The molecule has 1 aromatic rings. The minimum atomic E-state index is -0.478. The van der Waals surface area contributed by atoms with Crippen LogP contribution in [-0.4, -0.2) is 29.8 Å². The minimum absolute atomic E-state index is 0.0115. The Balaban J connectivity index is 1.95. The highest BCUT2D eigenvalue weighted by molar-refractivity contribution is 5.79. The third-order valence-electron chi connectivity index (χ3n) is 3.81. The maximum Gasteiger partial charge on any atom is 0.224 e. The number of carbonyl (C=O) groups is 1. The molecule has 0 radical (unpaired) electrons. The van der Waals surface area contributed by atoms with Gasteiger partial charge in [0.25, 0.3) is 0 Å². The zero-order chi connectivity index (χ0) is 14.6. The van der Waals surface area contributed by atoms with Gasteiger partial charge in [0.05, 0.1) is 25.2 Å². The van der Waals surface area contributed by atoms with Gasteiger partial charge in [-0.1, -0.05) is 12.1 Å². The molecular weight excluding hydrogens is 254 g/mol. The van der Waals surface area contributed by atoms with E-state index < -0.39 is 5.54 Å². The Labute approximate surface area is 120 Å². The summed E-state index contributed by atoms with van der Waals surface area (Å²) in [6, 6.07) is 7.57. The molecule has 20 heavy (non-hydrogen) atoms. The van der Waals surface area contributed by atoms with Crippen LogP contribution in [-0.2, 0) is 11.2 Å². The zero-order valence-corrected chi connectivity index (χ0v) is 12.2. The number of hydrogen-bond acceptors (Lipinski definition) is 3. The van der Waals surface area contributed by atoms with Gasteiger partial charge in [-0.3, -0.25) is 4.79 Å². The largest absolute Gasteiger partial charge is 0.494 e. The fourth-order valence-corrected chi connectivity index (χ4v) is 2.45. The molecule has 1 unspecified atom stereocenters. The Bertz CT molecular complexity index is 471. The van der Waals surface area contributed by atoms with Crippen LogP contribution in [0, 0.1) is 5.92 Å². The molecule has 1 amide bonds. The van der Waals surface area contributed by atoms with Crippen LogP contribution in [0.4, 0.5) is 0 Å². The third kappa shape index (κ3) is 3.73. The summed E-state index contributed by atoms with van der Waals surface area (Å²) in [7, 11) is 0. The number of rotatable bonds is 7. The van der Waals surface area contributed by atoms with E-state index in [0.717, 1.165) is 24.2 Å². The fourth-order valence-electron chi connectivity index (χ4n) is 2.45. The van der Waals surface area contributed by atoms with Gasteiger partial charge in [0.15, 0.2) is 0 Å². The van der Waals surface area contributed by atoms with Crippen LogP contribution in [0.25, 0.3) is 0 Å². The van der Waals surface area contributed by atoms with Crippen molar-refractivity contribution < 1.29 is 14.6 Å². The Hall–Kier alpha value is -1.55.